The van der Waals surface area contributed by atoms with Gasteiger partial charge in [-0.25, -0.2) is 0 Å². The molecule has 5 nitrogen and oxygen atoms in total. The van der Waals surface area contributed by atoms with Gasteiger partial charge in [-0.15, -0.1) is 30.6 Å². The molecule has 0 bridgehead atoms. The van der Waals surface area contributed by atoms with Gasteiger partial charge in [0, 0.05) is 52.0 Å². The lowest BCUT2D eigenvalue weighted by Crippen LogP contribution is -2.47. The maximum Gasteiger partial charge on any atom is 0.191 e. The van der Waals surface area contributed by atoms with Crippen molar-refractivity contribution in [2.75, 3.05) is 57.8 Å². The minimum atomic E-state index is 0. The van der Waals surface area contributed by atoms with E-state index in [9.17, 15) is 0 Å². The van der Waals surface area contributed by atoms with Crippen molar-refractivity contribution in [2.45, 2.75) is 13.3 Å². The van der Waals surface area contributed by atoms with Crippen LogP contribution in [0.2, 0.25) is 0 Å². The summed E-state index contributed by atoms with van der Waals surface area (Å²) in [6.07, 6.45) is 2.96. The monoisotopic (exact) mass is 457 g/mol. The van der Waals surface area contributed by atoms with Gasteiger partial charge >= 0.3 is 0 Å². The smallest absolute Gasteiger partial charge is 0.191 e. The first-order valence-electron chi connectivity index (χ1n) is 8.82. The van der Waals surface area contributed by atoms with Crippen molar-refractivity contribution in [3.8, 4) is 0 Å². The maximum atomic E-state index is 4.19. The molecule has 0 amide bonds. The fourth-order valence-electron chi connectivity index (χ4n) is 2.95. The zero-order chi connectivity index (χ0) is 17.2. The third kappa shape index (κ3) is 7.64. The van der Waals surface area contributed by atoms with Gasteiger partial charge in [0.25, 0.3) is 0 Å². The number of piperazine rings is 1. The Morgan fingerprint density at radius 2 is 2.00 bits per heavy atom. The van der Waals surface area contributed by atoms with Gasteiger partial charge in [-0.2, -0.15) is 0 Å². The summed E-state index contributed by atoms with van der Waals surface area (Å²) in [5.74, 6) is 0.846. The molecule has 1 aromatic rings. The molecule has 0 unspecified atom stereocenters. The molecule has 0 saturated carbocycles. The Balaban J connectivity index is 0.00000312. The van der Waals surface area contributed by atoms with E-state index in [2.05, 4.69) is 63.2 Å². The molecule has 1 saturated heterocycles. The highest BCUT2D eigenvalue weighted by Crippen LogP contribution is 2.17. The Hall–Kier alpha value is -1.28. The Kier molecular flexibility index (Phi) is 10.6. The molecule has 1 aromatic carbocycles. The van der Waals surface area contributed by atoms with Gasteiger partial charge < -0.3 is 15.5 Å². The van der Waals surface area contributed by atoms with E-state index < -0.39 is 0 Å². The van der Waals surface area contributed by atoms with Crippen LogP contribution >= 0.6 is 24.0 Å². The largest absolute Gasteiger partial charge is 0.369 e. The number of rotatable bonds is 7. The molecule has 2 N–H and O–H groups in total. The summed E-state index contributed by atoms with van der Waals surface area (Å²) >= 11 is 0. The van der Waals surface area contributed by atoms with Crippen LogP contribution in [-0.2, 0) is 0 Å². The van der Waals surface area contributed by atoms with Gasteiger partial charge in [0.15, 0.2) is 5.96 Å². The highest BCUT2D eigenvalue weighted by atomic mass is 127. The first-order valence-corrected chi connectivity index (χ1v) is 8.82. The van der Waals surface area contributed by atoms with Gasteiger partial charge in [0.1, 0.15) is 0 Å². The van der Waals surface area contributed by atoms with E-state index in [1.165, 1.54) is 11.3 Å². The molecule has 0 aliphatic carbocycles. The van der Waals surface area contributed by atoms with Crippen LogP contribution in [0.25, 0.3) is 0 Å². The molecule has 0 aromatic heterocycles. The van der Waals surface area contributed by atoms with Crippen LogP contribution in [-0.4, -0.2) is 63.7 Å². The highest BCUT2D eigenvalue weighted by Gasteiger charge is 2.16. The number of hydrogen-bond donors (Lipinski definition) is 2. The number of nitrogens with one attached hydrogen (secondary N) is 2. The van der Waals surface area contributed by atoms with Crippen molar-refractivity contribution in [1.82, 2.24) is 15.5 Å². The molecule has 1 aliphatic rings. The number of benzene rings is 1. The number of halogens is 1. The normalized spacial score (nSPS) is 15.4. The molecule has 0 spiro atoms. The summed E-state index contributed by atoms with van der Waals surface area (Å²) in [5, 5.41) is 6.53. The number of aliphatic imine (C=N–C) groups is 1. The summed E-state index contributed by atoms with van der Waals surface area (Å²) in [4.78, 5) is 9.23. The molecule has 2 rings (SSSR count). The topological polar surface area (TPSA) is 42.9 Å². The van der Waals surface area contributed by atoms with Gasteiger partial charge in [0.2, 0.25) is 0 Å². The van der Waals surface area contributed by atoms with E-state index in [4.69, 9.17) is 0 Å². The third-order valence-corrected chi connectivity index (χ3v) is 4.32. The van der Waals surface area contributed by atoms with Crippen molar-refractivity contribution >= 4 is 35.6 Å². The number of guanidine groups is 1. The zero-order valence-electron chi connectivity index (χ0n) is 15.5. The number of anilines is 1. The van der Waals surface area contributed by atoms with Crippen LogP contribution in [0.5, 0.6) is 0 Å². The molecule has 0 atom stereocenters. The van der Waals surface area contributed by atoms with E-state index in [1.54, 1.807) is 7.05 Å². The quantitative estimate of drug-likeness (QED) is 0.217. The second-order valence-corrected chi connectivity index (χ2v) is 6.19. The molecule has 140 valence electrons. The van der Waals surface area contributed by atoms with Crippen LogP contribution < -0.4 is 15.5 Å². The van der Waals surface area contributed by atoms with Gasteiger partial charge in [-0.05, 0) is 37.6 Å². The Morgan fingerprint density at radius 1 is 1.24 bits per heavy atom. The number of nitrogens with zero attached hydrogens (tertiary/aromatic N) is 3. The number of hydrogen-bond acceptors (Lipinski definition) is 3. The Labute approximate surface area is 169 Å². The van der Waals surface area contributed by atoms with Crippen molar-refractivity contribution in [1.29, 1.82) is 0 Å². The summed E-state index contributed by atoms with van der Waals surface area (Å²) < 4.78 is 0. The van der Waals surface area contributed by atoms with E-state index in [0.717, 1.165) is 58.2 Å². The average molecular weight is 457 g/mol. The Bertz CT molecular complexity index is 538. The van der Waals surface area contributed by atoms with Gasteiger partial charge in [-0.1, -0.05) is 18.2 Å². The second-order valence-electron chi connectivity index (χ2n) is 6.19. The van der Waals surface area contributed by atoms with Crippen LogP contribution in [0, 0.1) is 6.92 Å². The van der Waals surface area contributed by atoms with Crippen LogP contribution in [0.3, 0.4) is 0 Å². The molecule has 25 heavy (non-hydrogen) atoms. The van der Waals surface area contributed by atoms with Gasteiger partial charge in [0.05, 0.1) is 0 Å². The van der Waals surface area contributed by atoms with Crippen molar-refractivity contribution < 1.29 is 0 Å². The standard InChI is InChI=1S/C19H31N5.HI/c1-4-9-21-19(20-3)22-10-6-11-23-12-14-24(15-13-23)18-8-5-7-17(2)16-18;/h4-5,7-8,16H,1,6,9-15H2,2-3H3,(H2,20,21,22);1H. The average Bonchev–Trinajstić information content (AvgIpc) is 2.61. The van der Waals surface area contributed by atoms with E-state index in [-0.39, 0.29) is 24.0 Å². The Morgan fingerprint density at radius 3 is 2.64 bits per heavy atom. The van der Waals surface area contributed by atoms with E-state index in [0.29, 0.717) is 0 Å². The SMILES string of the molecule is C=CCNC(=NC)NCCCN1CCN(c2cccc(C)c2)CC1.I. The zero-order valence-corrected chi connectivity index (χ0v) is 17.8. The number of aryl methyl sites for hydroxylation is 1. The summed E-state index contributed by atoms with van der Waals surface area (Å²) in [5.41, 5.74) is 2.69. The van der Waals surface area contributed by atoms with Crippen molar-refractivity contribution in [2.24, 2.45) is 4.99 Å². The van der Waals surface area contributed by atoms with Crippen LogP contribution in [0.4, 0.5) is 5.69 Å². The molecule has 1 fully saturated rings. The fraction of sp³-hybridized carbons (Fsp3) is 0.526. The molecule has 1 heterocycles. The summed E-state index contributed by atoms with van der Waals surface area (Å²) in [6.45, 7) is 13.2. The summed E-state index contributed by atoms with van der Waals surface area (Å²) in [7, 11) is 1.79. The minimum Gasteiger partial charge on any atom is -0.369 e. The van der Waals surface area contributed by atoms with Gasteiger partial charge in [-0.3, -0.25) is 9.89 Å². The first kappa shape index (κ1) is 21.8. The maximum absolute atomic E-state index is 4.19. The lowest BCUT2D eigenvalue weighted by Gasteiger charge is -2.36. The molecule has 0 radical (unpaired) electrons. The molecule has 6 heteroatoms. The molecular formula is C19H32IN5. The second kappa shape index (κ2) is 12.1. The van der Waals surface area contributed by atoms with E-state index in [1.807, 2.05) is 6.08 Å². The third-order valence-electron chi connectivity index (χ3n) is 4.32. The summed E-state index contributed by atoms with van der Waals surface area (Å²) in [6, 6.07) is 8.80. The first-order chi connectivity index (χ1) is 11.7. The van der Waals surface area contributed by atoms with Crippen LogP contribution in [0.15, 0.2) is 41.9 Å². The van der Waals surface area contributed by atoms with Crippen LogP contribution in [0.1, 0.15) is 12.0 Å². The lowest BCUT2D eigenvalue weighted by atomic mass is 10.2. The lowest BCUT2D eigenvalue weighted by molar-refractivity contribution is 0.255. The predicted molar refractivity (Wildman–Crippen MR) is 119 cm³/mol. The molecular weight excluding hydrogens is 425 g/mol. The highest BCUT2D eigenvalue weighted by molar-refractivity contribution is 14.0. The fourth-order valence-corrected chi connectivity index (χ4v) is 2.95. The predicted octanol–water partition coefficient (Wildman–Crippen LogP) is 2.48. The minimum absolute atomic E-state index is 0. The molecule has 1 aliphatic heterocycles. The van der Waals surface area contributed by atoms with Crippen molar-refractivity contribution in [3.63, 3.8) is 0 Å². The van der Waals surface area contributed by atoms with Crippen molar-refractivity contribution in [3.05, 3.63) is 42.5 Å². The van der Waals surface area contributed by atoms with E-state index >= 15 is 0 Å².